The van der Waals surface area contributed by atoms with E-state index in [0.29, 0.717) is 6.04 Å². The minimum Gasteiger partial charge on any atom is -0.309 e. The van der Waals surface area contributed by atoms with Gasteiger partial charge in [0.2, 0.25) is 0 Å². The van der Waals surface area contributed by atoms with Gasteiger partial charge >= 0.3 is 0 Å². The van der Waals surface area contributed by atoms with Gasteiger partial charge in [0.05, 0.1) is 11.8 Å². The second-order valence-electron chi connectivity index (χ2n) is 6.45. The topological polar surface area (TPSA) is 15.6 Å². The van der Waals surface area contributed by atoms with Crippen molar-refractivity contribution >= 4 is 5.71 Å². The van der Waals surface area contributed by atoms with E-state index in [9.17, 15) is 0 Å². The Morgan fingerprint density at radius 3 is 2.50 bits per heavy atom. The second-order valence-corrected chi connectivity index (χ2v) is 6.45. The fraction of sp³-hybridized carbons (Fsp3) is 0.350. The molecule has 2 nitrogen and oxygen atoms in total. The molecule has 0 N–H and O–H groups in total. The van der Waals surface area contributed by atoms with Crippen LogP contribution in [0.15, 0.2) is 53.5 Å². The standard InChI is InChI=1S/C20H24N2/c1-15-8-10-16(11-9-15)20-19-7-5-4-6-17(19)14-18(21-20)12-13-22(2)3/h4-11,18H,12-14H2,1-3H3. The summed E-state index contributed by atoms with van der Waals surface area (Å²) in [4.78, 5) is 7.32. The van der Waals surface area contributed by atoms with Crippen molar-refractivity contribution in [2.75, 3.05) is 20.6 Å². The largest absolute Gasteiger partial charge is 0.309 e. The maximum Gasteiger partial charge on any atom is 0.0725 e. The van der Waals surface area contributed by atoms with Crippen molar-refractivity contribution in [2.45, 2.75) is 25.8 Å². The summed E-state index contributed by atoms with van der Waals surface area (Å²) in [5.41, 5.74) is 6.40. The van der Waals surface area contributed by atoms with Crippen LogP contribution < -0.4 is 0 Å². The van der Waals surface area contributed by atoms with Crippen molar-refractivity contribution < 1.29 is 0 Å². The maximum atomic E-state index is 5.08. The second kappa shape index (κ2) is 6.45. The van der Waals surface area contributed by atoms with Gasteiger partial charge in [-0.2, -0.15) is 0 Å². The highest BCUT2D eigenvalue weighted by atomic mass is 15.1. The summed E-state index contributed by atoms with van der Waals surface area (Å²) in [5.74, 6) is 0. The Morgan fingerprint density at radius 1 is 1.05 bits per heavy atom. The average Bonchev–Trinajstić information content (AvgIpc) is 2.53. The lowest BCUT2D eigenvalue weighted by atomic mass is 9.89. The van der Waals surface area contributed by atoms with E-state index >= 15 is 0 Å². The number of rotatable bonds is 4. The SMILES string of the molecule is Cc1ccc(C2=NC(CCN(C)C)Cc3ccccc32)cc1. The van der Waals surface area contributed by atoms with Crippen LogP contribution in [-0.2, 0) is 6.42 Å². The predicted molar refractivity (Wildman–Crippen MR) is 93.9 cm³/mol. The number of aliphatic imine (C=N–C) groups is 1. The van der Waals surface area contributed by atoms with Crippen LogP contribution in [0.5, 0.6) is 0 Å². The summed E-state index contributed by atoms with van der Waals surface area (Å²) in [7, 11) is 4.25. The Hall–Kier alpha value is -1.93. The molecule has 0 bridgehead atoms. The van der Waals surface area contributed by atoms with Crippen molar-refractivity contribution in [3.8, 4) is 0 Å². The fourth-order valence-electron chi connectivity index (χ4n) is 3.00. The summed E-state index contributed by atoms with van der Waals surface area (Å²) < 4.78 is 0. The molecular weight excluding hydrogens is 268 g/mol. The number of hydrogen-bond acceptors (Lipinski definition) is 2. The Bertz CT molecular complexity index is 668. The van der Waals surface area contributed by atoms with Crippen LogP contribution in [0.2, 0.25) is 0 Å². The first-order chi connectivity index (χ1) is 10.6. The molecule has 1 atom stereocenters. The third kappa shape index (κ3) is 3.28. The molecule has 3 rings (SSSR count). The van der Waals surface area contributed by atoms with Gasteiger partial charge in [0.15, 0.2) is 0 Å². The third-order valence-corrected chi connectivity index (χ3v) is 4.27. The maximum absolute atomic E-state index is 5.08. The van der Waals surface area contributed by atoms with E-state index < -0.39 is 0 Å². The van der Waals surface area contributed by atoms with Gasteiger partial charge in [-0.3, -0.25) is 4.99 Å². The van der Waals surface area contributed by atoms with E-state index in [1.807, 2.05) is 0 Å². The molecule has 1 unspecified atom stereocenters. The Kier molecular flexibility index (Phi) is 4.39. The van der Waals surface area contributed by atoms with Gasteiger partial charge in [-0.05, 0) is 46.0 Å². The zero-order chi connectivity index (χ0) is 15.5. The predicted octanol–water partition coefficient (Wildman–Crippen LogP) is 3.71. The molecule has 1 aliphatic rings. The monoisotopic (exact) mass is 292 g/mol. The average molecular weight is 292 g/mol. The van der Waals surface area contributed by atoms with Crippen molar-refractivity contribution in [3.05, 3.63) is 70.8 Å². The first-order valence-corrected chi connectivity index (χ1v) is 8.01. The lowest BCUT2D eigenvalue weighted by Crippen LogP contribution is -2.25. The highest BCUT2D eigenvalue weighted by Gasteiger charge is 2.21. The molecule has 114 valence electrons. The van der Waals surface area contributed by atoms with E-state index in [0.717, 1.165) is 25.1 Å². The highest BCUT2D eigenvalue weighted by molar-refractivity contribution is 6.14. The number of aryl methyl sites for hydroxylation is 1. The number of nitrogens with zero attached hydrogens (tertiary/aromatic N) is 2. The Morgan fingerprint density at radius 2 is 1.77 bits per heavy atom. The molecule has 0 spiro atoms. The molecule has 0 fully saturated rings. The molecule has 22 heavy (non-hydrogen) atoms. The lowest BCUT2D eigenvalue weighted by Gasteiger charge is -2.25. The molecule has 0 aliphatic carbocycles. The zero-order valence-electron chi connectivity index (χ0n) is 13.7. The normalized spacial score (nSPS) is 17.3. The van der Waals surface area contributed by atoms with Crippen molar-refractivity contribution in [1.82, 2.24) is 4.90 Å². The van der Waals surface area contributed by atoms with Crippen LogP contribution in [0.25, 0.3) is 0 Å². The minimum absolute atomic E-state index is 0.383. The molecule has 0 aromatic heterocycles. The van der Waals surface area contributed by atoms with Gasteiger partial charge in [0.1, 0.15) is 0 Å². The van der Waals surface area contributed by atoms with Crippen LogP contribution in [0.4, 0.5) is 0 Å². The van der Waals surface area contributed by atoms with Crippen molar-refractivity contribution in [1.29, 1.82) is 0 Å². The Balaban J connectivity index is 1.96. The number of benzene rings is 2. The van der Waals surface area contributed by atoms with Crippen LogP contribution in [0.3, 0.4) is 0 Å². The third-order valence-electron chi connectivity index (χ3n) is 4.27. The summed E-state index contributed by atoms with van der Waals surface area (Å²) in [5, 5.41) is 0. The van der Waals surface area contributed by atoms with Crippen molar-refractivity contribution in [3.63, 3.8) is 0 Å². The van der Waals surface area contributed by atoms with Gasteiger partial charge in [-0.1, -0.05) is 54.1 Å². The molecule has 0 radical (unpaired) electrons. The molecule has 2 aromatic carbocycles. The smallest absolute Gasteiger partial charge is 0.0725 e. The van der Waals surface area contributed by atoms with E-state index in [-0.39, 0.29) is 0 Å². The first-order valence-electron chi connectivity index (χ1n) is 8.01. The summed E-state index contributed by atoms with van der Waals surface area (Å²) in [6, 6.07) is 17.8. The molecule has 0 saturated carbocycles. The zero-order valence-corrected chi connectivity index (χ0v) is 13.7. The van der Waals surface area contributed by atoms with Crippen LogP contribution in [-0.4, -0.2) is 37.3 Å². The van der Waals surface area contributed by atoms with Gasteiger partial charge in [0.25, 0.3) is 0 Å². The van der Waals surface area contributed by atoms with E-state index in [2.05, 4.69) is 74.4 Å². The molecule has 0 amide bonds. The molecule has 2 heteroatoms. The van der Waals surface area contributed by atoms with Gasteiger partial charge in [0, 0.05) is 11.1 Å². The quantitative estimate of drug-likeness (QED) is 0.839. The minimum atomic E-state index is 0.383. The molecular formula is C20H24N2. The molecule has 1 heterocycles. The van der Waals surface area contributed by atoms with E-state index in [1.54, 1.807) is 0 Å². The van der Waals surface area contributed by atoms with E-state index in [1.165, 1.54) is 22.3 Å². The molecule has 2 aromatic rings. The first kappa shape index (κ1) is 15.0. The summed E-state index contributed by atoms with van der Waals surface area (Å²) >= 11 is 0. The van der Waals surface area contributed by atoms with Crippen LogP contribution in [0, 0.1) is 6.92 Å². The van der Waals surface area contributed by atoms with Gasteiger partial charge < -0.3 is 4.90 Å². The van der Waals surface area contributed by atoms with Crippen LogP contribution in [0.1, 0.15) is 28.7 Å². The van der Waals surface area contributed by atoms with E-state index in [4.69, 9.17) is 4.99 Å². The fourth-order valence-corrected chi connectivity index (χ4v) is 3.00. The summed E-state index contributed by atoms with van der Waals surface area (Å²) in [6.45, 7) is 3.21. The molecule has 1 aliphatic heterocycles. The molecule has 0 saturated heterocycles. The van der Waals surface area contributed by atoms with Gasteiger partial charge in [-0.15, -0.1) is 0 Å². The number of hydrogen-bond donors (Lipinski definition) is 0. The van der Waals surface area contributed by atoms with Crippen molar-refractivity contribution in [2.24, 2.45) is 4.99 Å². The summed E-state index contributed by atoms with van der Waals surface area (Å²) in [6.07, 6.45) is 2.16. The lowest BCUT2D eigenvalue weighted by molar-refractivity contribution is 0.379. The Labute approximate surface area is 133 Å². The van der Waals surface area contributed by atoms with Gasteiger partial charge in [-0.25, -0.2) is 0 Å². The number of fused-ring (bicyclic) bond motifs is 1. The van der Waals surface area contributed by atoms with Crippen LogP contribution >= 0.6 is 0 Å². The highest BCUT2D eigenvalue weighted by Crippen LogP contribution is 2.25.